The van der Waals surface area contributed by atoms with E-state index in [2.05, 4.69) is 14.8 Å². The van der Waals surface area contributed by atoms with Crippen LogP contribution in [0, 0.1) is 11.3 Å². The molecule has 2 aliphatic rings. The molecule has 200 valence electrons. The van der Waals surface area contributed by atoms with Gasteiger partial charge in [-0.15, -0.1) is 0 Å². The smallest absolute Gasteiger partial charge is 0.417 e. The van der Waals surface area contributed by atoms with Crippen LogP contribution in [0.4, 0.5) is 18.9 Å². The number of anilines is 1. The van der Waals surface area contributed by atoms with E-state index in [-0.39, 0.29) is 23.3 Å². The summed E-state index contributed by atoms with van der Waals surface area (Å²) in [6.07, 6.45) is 0.0487. The van der Waals surface area contributed by atoms with Gasteiger partial charge in [0.2, 0.25) is 5.88 Å². The molecule has 1 unspecified atom stereocenters. The third-order valence-electron chi connectivity index (χ3n) is 6.85. The van der Waals surface area contributed by atoms with Gasteiger partial charge in [-0.25, -0.2) is 4.98 Å². The zero-order chi connectivity index (χ0) is 26.4. The highest BCUT2D eigenvalue weighted by molar-refractivity contribution is 7.80. The van der Waals surface area contributed by atoms with Gasteiger partial charge in [-0.1, -0.05) is 0 Å². The zero-order valence-electron chi connectivity index (χ0n) is 20.7. The number of nitrogens with zero attached hydrogens (tertiary/aromatic N) is 4. The van der Waals surface area contributed by atoms with Gasteiger partial charge < -0.3 is 19.1 Å². The Hall–Kier alpha value is -2.68. The Morgan fingerprint density at radius 2 is 1.78 bits per heavy atom. The fourth-order valence-electron chi connectivity index (χ4n) is 4.72. The van der Waals surface area contributed by atoms with E-state index in [0.29, 0.717) is 25.3 Å². The van der Waals surface area contributed by atoms with Crippen LogP contribution in [-0.4, -0.2) is 67.4 Å². The average Bonchev–Trinajstić information content (AvgIpc) is 2.92. The van der Waals surface area contributed by atoms with E-state index in [1.54, 1.807) is 13.2 Å². The van der Waals surface area contributed by atoms with Crippen LogP contribution in [0.3, 0.4) is 0 Å². The number of thiol groups is 1. The fraction of sp³-hybridized carbons (Fsp3) is 0.538. The maximum absolute atomic E-state index is 13.2. The quantitative estimate of drug-likeness (QED) is 0.488. The minimum Gasteiger partial charge on any atom is -0.490 e. The Kier molecular flexibility index (Phi) is 9.05. The molecular formula is C26H31F3N4O3S. The molecule has 2 aromatic rings. The summed E-state index contributed by atoms with van der Waals surface area (Å²) in [5.74, 6) is 0.732. The van der Waals surface area contributed by atoms with E-state index in [9.17, 15) is 13.2 Å². The molecule has 4 rings (SSSR count). The first kappa shape index (κ1) is 27.4. The number of pyridine rings is 1. The number of methoxy groups -OCH3 is 1. The molecule has 1 aliphatic heterocycles. The molecule has 0 bridgehead atoms. The number of piperazine rings is 1. The standard InChI is InChI=1S/C26H31F3N4O3S/c1-34-24-9-3-19(16-31-24)32-10-12-33(13-11-32)25(37)17-35-20-5-7-21(8-6-20)36-22-4-2-18(15-30)23(14-22)26(27,28)29/h2-4,9,14,16,20-21,25,37H,5-8,10-13,17H2,1H3. The van der Waals surface area contributed by atoms with Crippen molar-refractivity contribution in [2.75, 3.05) is 44.8 Å². The molecule has 7 nitrogen and oxygen atoms in total. The Morgan fingerprint density at radius 1 is 1.08 bits per heavy atom. The van der Waals surface area contributed by atoms with Crippen LogP contribution >= 0.6 is 12.6 Å². The number of nitriles is 1. The van der Waals surface area contributed by atoms with Crippen molar-refractivity contribution in [3.05, 3.63) is 47.7 Å². The van der Waals surface area contributed by atoms with Gasteiger partial charge in [0.05, 0.1) is 60.4 Å². The Labute approximate surface area is 220 Å². The summed E-state index contributed by atoms with van der Waals surface area (Å²) in [5.41, 5.74) is -0.301. The maximum atomic E-state index is 13.2. The van der Waals surface area contributed by atoms with Gasteiger partial charge in [0.25, 0.3) is 0 Å². The van der Waals surface area contributed by atoms with Crippen molar-refractivity contribution >= 4 is 18.3 Å². The van der Waals surface area contributed by atoms with E-state index in [0.717, 1.165) is 56.8 Å². The molecule has 37 heavy (non-hydrogen) atoms. The van der Waals surface area contributed by atoms with Crippen molar-refractivity contribution in [1.82, 2.24) is 9.88 Å². The predicted octanol–water partition coefficient (Wildman–Crippen LogP) is 4.77. The topological polar surface area (TPSA) is 70.8 Å². The number of halogens is 3. The largest absolute Gasteiger partial charge is 0.490 e. The third kappa shape index (κ3) is 7.21. The number of benzene rings is 1. The SMILES string of the molecule is COc1ccc(N2CCN(C(S)COC3CCC(Oc4ccc(C#N)c(C(F)(F)F)c4)CC3)CC2)cn1. The molecule has 1 aliphatic carbocycles. The Morgan fingerprint density at radius 3 is 2.38 bits per heavy atom. The predicted molar refractivity (Wildman–Crippen MR) is 136 cm³/mol. The minimum absolute atomic E-state index is 0.00967. The molecule has 1 aromatic heterocycles. The van der Waals surface area contributed by atoms with Crippen LogP contribution in [-0.2, 0) is 10.9 Å². The number of hydrogen-bond acceptors (Lipinski definition) is 8. The molecule has 1 aromatic carbocycles. The molecule has 1 saturated carbocycles. The van der Waals surface area contributed by atoms with E-state index >= 15 is 0 Å². The van der Waals surface area contributed by atoms with Crippen LogP contribution in [0.15, 0.2) is 36.5 Å². The maximum Gasteiger partial charge on any atom is 0.417 e. The van der Waals surface area contributed by atoms with Crippen LogP contribution in [0.1, 0.15) is 36.8 Å². The van der Waals surface area contributed by atoms with E-state index in [1.807, 2.05) is 18.3 Å². The molecule has 1 atom stereocenters. The third-order valence-corrected chi connectivity index (χ3v) is 7.33. The van der Waals surface area contributed by atoms with Gasteiger partial charge >= 0.3 is 6.18 Å². The minimum atomic E-state index is -4.60. The Balaban J connectivity index is 1.18. The lowest BCUT2D eigenvalue weighted by atomic mass is 9.95. The van der Waals surface area contributed by atoms with Crippen LogP contribution in [0.5, 0.6) is 11.6 Å². The first-order valence-electron chi connectivity index (χ1n) is 12.3. The lowest BCUT2D eigenvalue weighted by Crippen LogP contribution is -2.50. The highest BCUT2D eigenvalue weighted by Gasteiger charge is 2.34. The molecule has 2 fully saturated rings. The molecule has 0 amide bonds. The van der Waals surface area contributed by atoms with Crippen molar-refractivity contribution in [3.63, 3.8) is 0 Å². The summed E-state index contributed by atoms with van der Waals surface area (Å²) >= 11 is 4.76. The second kappa shape index (κ2) is 12.2. The second-order valence-corrected chi connectivity index (χ2v) is 9.83. The summed E-state index contributed by atoms with van der Waals surface area (Å²) in [6.45, 7) is 4.00. The molecular weight excluding hydrogens is 505 g/mol. The lowest BCUT2D eigenvalue weighted by molar-refractivity contribution is -0.137. The van der Waals surface area contributed by atoms with Crippen molar-refractivity contribution in [1.29, 1.82) is 5.26 Å². The van der Waals surface area contributed by atoms with Gasteiger partial charge in [0, 0.05) is 32.2 Å². The van der Waals surface area contributed by atoms with Gasteiger partial charge in [-0.05, 0) is 49.9 Å². The zero-order valence-corrected chi connectivity index (χ0v) is 21.5. The second-order valence-electron chi connectivity index (χ2n) is 9.23. The fourth-order valence-corrected chi connectivity index (χ4v) is 5.04. The van der Waals surface area contributed by atoms with Gasteiger partial charge in [0.15, 0.2) is 0 Å². The highest BCUT2D eigenvalue weighted by atomic mass is 32.1. The Bertz CT molecular complexity index is 1060. The van der Waals surface area contributed by atoms with Crippen molar-refractivity contribution in [2.45, 2.75) is 49.4 Å². The van der Waals surface area contributed by atoms with Gasteiger partial charge in [-0.3, -0.25) is 4.90 Å². The highest BCUT2D eigenvalue weighted by Crippen LogP contribution is 2.35. The number of alkyl halides is 3. The normalized spacial score (nSPS) is 21.8. The molecule has 0 N–H and O–H groups in total. The van der Waals surface area contributed by atoms with Crippen LogP contribution in [0.2, 0.25) is 0 Å². The summed E-state index contributed by atoms with van der Waals surface area (Å²) in [7, 11) is 1.60. The summed E-state index contributed by atoms with van der Waals surface area (Å²) < 4.78 is 56.7. The first-order valence-corrected chi connectivity index (χ1v) is 12.8. The number of ether oxygens (including phenoxy) is 3. The first-order chi connectivity index (χ1) is 17.8. The van der Waals surface area contributed by atoms with Crippen molar-refractivity contribution < 1.29 is 27.4 Å². The van der Waals surface area contributed by atoms with Crippen LogP contribution in [0.25, 0.3) is 0 Å². The van der Waals surface area contributed by atoms with Gasteiger partial charge in [0.1, 0.15) is 5.75 Å². The molecule has 0 radical (unpaired) electrons. The number of aromatic nitrogens is 1. The monoisotopic (exact) mass is 536 g/mol. The van der Waals surface area contributed by atoms with Crippen molar-refractivity contribution in [2.24, 2.45) is 0 Å². The summed E-state index contributed by atoms with van der Waals surface area (Å²) in [4.78, 5) is 8.87. The van der Waals surface area contributed by atoms with E-state index in [1.165, 1.54) is 6.07 Å². The summed E-state index contributed by atoms with van der Waals surface area (Å²) in [6, 6.07) is 8.96. The van der Waals surface area contributed by atoms with Crippen LogP contribution < -0.4 is 14.4 Å². The molecule has 1 saturated heterocycles. The van der Waals surface area contributed by atoms with Gasteiger partial charge in [-0.2, -0.15) is 31.1 Å². The lowest BCUT2D eigenvalue weighted by Gasteiger charge is -2.39. The molecule has 11 heteroatoms. The summed E-state index contributed by atoms with van der Waals surface area (Å²) in [5, 5.41) is 8.94. The molecule has 0 spiro atoms. The van der Waals surface area contributed by atoms with E-state index < -0.39 is 17.3 Å². The van der Waals surface area contributed by atoms with Crippen molar-refractivity contribution in [3.8, 4) is 17.7 Å². The van der Waals surface area contributed by atoms with E-state index in [4.69, 9.17) is 32.1 Å². The number of rotatable bonds is 8. The molecule has 2 heterocycles. The number of hydrogen-bond donors (Lipinski definition) is 1. The average molecular weight is 537 g/mol.